The van der Waals surface area contributed by atoms with Gasteiger partial charge in [-0.3, -0.25) is 10.1 Å². The van der Waals surface area contributed by atoms with E-state index in [1.165, 1.54) is 0 Å². The van der Waals surface area contributed by atoms with Crippen LogP contribution in [0.1, 0.15) is 10.4 Å². The highest BCUT2D eigenvalue weighted by molar-refractivity contribution is 5.95. The third kappa shape index (κ3) is 2.01. The summed E-state index contributed by atoms with van der Waals surface area (Å²) >= 11 is 0. The van der Waals surface area contributed by atoms with Crippen molar-refractivity contribution < 1.29 is 24.0 Å². The second-order valence-electron chi connectivity index (χ2n) is 2.56. The fourth-order valence-corrected chi connectivity index (χ4v) is 1.09. The molecule has 0 amide bonds. The number of methoxy groups -OCH3 is 1. The number of aromatic carboxylic acids is 1. The number of hydrogen-bond donors (Lipinski definition) is 1. The van der Waals surface area contributed by atoms with Gasteiger partial charge in [0.25, 0.3) is 5.69 Å². The normalized spacial score (nSPS) is 9.73. The van der Waals surface area contributed by atoms with Gasteiger partial charge >= 0.3 is 5.97 Å². The molecule has 7 heteroatoms. The summed E-state index contributed by atoms with van der Waals surface area (Å²) in [6.07, 6.45) is 0. The molecule has 0 bridgehead atoms. The average Bonchev–Trinajstić information content (AvgIpc) is 2.15. The van der Waals surface area contributed by atoms with Crippen molar-refractivity contribution in [2.45, 2.75) is 0 Å². The first-order valence-corrected chi connectivity index (χ1v) is 3.72. The van der Waals surface area contributed by atoms with Gasteiger partial charge in [0.15, 0.2) is 5.56 Å². The van der Waals surface area contributed by atoms with Gasteiger partial charge in [0, 0.05) is 6.07 Å². The van der Waals surface area contributed by atoms with Gasteiger partial charge in [-0.15, -0.1) is 0 Å². The lowest BCUT2D eigenvalue weighted by Gasteiger charge is -2.05. The van der Waals surface area contributed by atoms with Gasteiger partial charge in [0.1, 0.15) is 11.6 Å². The zero-order valence-corrected chi connectivity index (χ0v) is 7.56. The Bertz CT molecular complexity index is 431. The van der Waals surface area contributed by atoms with Crippen LogP contribution < -0.4 is 4.74 Å². The van der Waals surface area contributed by atoms with E-state index in [9.17, 15) is 19.3 Å². The number of carbonyl (C=O) groups is 1. The quantitative estimate of drug-likeness (QED) is 0.608. The highest BCUT2D eigenvalue weighted by atomic mass is 19.1. The first-order valence-electron chi connectivity index (χ1n) is 3.72. The van der Waals surface area contributed by atoms with Gasteiger partial charge < -0.3 is 9.84 Å². The van der Waals surface area contributed by atoms with E-state index < -0.39 is 28.0 Å². The van der Waals surface area contributed by atoms with Crippen molar-refractivity contribution in [1.82, 2.24) is 0 Å². The van der Waals surface area contributed by atoms with E-state index in [4.69, 9.17) is 5.11 Å². The van der Waals surface area contributed by atoms with Crippen LogP contribution in [0.5, 0.6) is 5.75 Å². The van der Waals surface area contributed by atoms with Gasteiger partial charge in [-0.2, -0.15) is 0 Å². The van der Waals surface area contributed by atoms with Crippen molar-refractivity contribution in [1.29, 1.82) is 0 Å². The van der Waals surface area contributed by atoms with Crippen molar-refractivity contribution in [3.8, 4) is 5.75 Å². The third-order valence-electron chi connectivity index (χ3n) is 1.68. The zero-order chi connectivity index (χ0) is 11.6. The molecule has 0 radical (unpaired) electrons. The number of hydrogen-bond acceptors (Lipinski definition) is 4. The van der Waals surface area contributed by atoms with E-state index in [1.807, 2.05) is 0 Å². The molecular weight excluding hydrogens is 209 g/mol. The largest absolute Gasteiger partial charge is 0.495 e. The number of halogens is 1. The number of nitro groups is 1. The molecule has 1 aromatic rings. The first-order chi connectivity index (χ1) is 6.97. The minimum absolute atomic E-state index is 0.380. The maximum Gasteiger partial charge on any atom is 0.346 e. The van der Waals surface area contributed by atoms with Crippen LogP contribution in [0, 0.1) is 15.9 Å². The topological polar surface area (TPSA) is 89.7 Å². The minimum Gasteiger partial charge on any atom is -0.495 e. The van der Waals surface area contributed by atoms with Gasteiger partial charge in [-0.1, -0.05) is 0 Å². The van der Waals surface area contributed by atoms with Crippen molar-refractivity contribution in [2.24, 2.45) is 0 Å². The molecule has 15 heavy (non-hydrogen) atoms. The van der Waals surface area contributed by atoms with Crippen molar-refractivity contribution >= 4 is 11.7 Å². The second kappa shape index (κ2) is 3.91. The number of benzene rings is 1. The fourth-order valence-electron chi connectivity index (χ4n) is 1.09. The number of carboxylic acids is 1. The van der Waals surface area contributed by atoms with E-state index >= 15 is 0 Å². The van der Waals surface area contributed by atoms with Gasteiger partial charge in [0.05, 0.1) is 18.1 Å². The maximum absolute atomic E-state index is 12.8. The Morgan fingerprint density at radius 1 is 1.60 bits per heavy atom. The summed E-state index contributed by atoms with van der Waals surface area (Å²) < 4.78 is 17.4. The molecule has 1 N–H and O–H groups in total. The SMILES string of the molecule is COc1cc(F)cc([N+](=O)[O-])c1C(=O)O. The van der Waals surface area contributed by atoms with Gasteiger partial charge in [-0.25, -0.2) is 9.18 Å². The van der Waals surface area contributed by atoms with Crippen LogP contribution in [-0.4, -0.2) is 23.1 Å². The predicted molar refractivity (Wildman–Crippen MR) is 46.6 cm³/mol. The van der Waals surface area contributed by atoms with Crippen LogP contribution in [0.3, 0.4) is 0 Å². The van der Waals surface area contributed by atoms with Crippen LogP contribution in [0.25, 0.3) is 0 Å². The summed E-state index contributed by atoms with van der Waals surface area (Å²) in [5, 5.41) is 19.2. The van der Waals surface area contributed by atoms with Crippen LogP contribution in [-0.2, 0) is 0 Å². The summed E-state index contributed by atoms with van der Waals surface area (Å²) in [6.45, 7) is 0. The lowest BCUT2D eigenvalue weighted by atomic mass is 10.1. The second-order valence-corrected chi connectivity index (χ2v) is 2.56. The van der Waals surface area contributed by atoms with Gasteiger partial charge in [-0.05, 0) is 0 Å². The van der Waals surface area contributed by atoms with Crippen molar-refractivity contribution in [2.75, 3.05) is 7.11 Å². The molecule has 0 aliphatic rings. The van der Waals surface area contributed by atoms with Crippen LogP contribution in [0.15, 0.2) is 12.1 Å². The van der Waals surface area contributed by atoms with Crippen LogP contribution >= 0.6 is 0 Å². The average molecular weight is 215 g/mol. The molecule has 0 saturated heterocycles. The molecule has 1 aromatic carbocycles. The predicted octanol–water partition coefficient (Wildman–Crippen LogP) is 1.44. The molecule has 6 nitrogen and oxygen atoms in total. The molecule has 80 valence electrons. The van der Waals surface area contributed by atoms with Crippen LogP contribution in [0.4, 0.5) is 10.1 Å². The minimum atomic E-state index is -1.54. The molecule has 0 atom stereocenters. The van der Waals surface area contributed by atoms with Crippen LogP contribution in [0.2, 0.25) is 0 Å². The smallest absolute Gasteiger partial charge is 0.346 e. The Morgan fingerprint density at radius 2 is 2.20 bits per heavy atom. The molecule has 0 unspecified atom stereocenters. The molecule has 0 aromatic heterocycles. The Morgan fingerprint density at radius 3 is 2.60 bits per heavy atom. The molecule has 0 heterocycles. The Labute approximate surface area is 83.0 Å². The lowest BCUT2D eigenvalue weighted by Crippen LogP contribution is -2.06. The van der Waals surface area contributed by atoms with Crippen molar-refractivity contribution in [3.63, 3.8) is 0 Å². The molecular formula is C8H6FNO5. The fraction of sp³-hybridized carbons (Fsp3) is 0.125. The molecule has 0 aliphatic carbocycles. The van der Waals surface area contributed by atoms with Gasteiger partial charge in [0.2, 0.25) is 0 Å². The van der Waals surface area contributed by atoms with E-state index in [1.54, 1.807) is 0 Å². The monoisotopic (exact) mass is 215 g/mol. The summed E-state index contributed by atoms with van der Waals surface area (Å²) in [6, 6.07) is 1.31. The number of nitro benzene ring substituents is 1. The first kappa shape index (κ1) is 10.9. The molecule has 0 aliphatic heterocycles. The highest BCUT2D eigenvalue weighted by Gasteiger charge is 2.26. The number of carboxylic acid groups (broad SMARTS) is 1. The maximum atomic E-state index is 12.8. The summed E-state index contributed by atoms with van der Waals surface area (Å²) in [4.78, 5) is 20.2. The highest BCUT2D eigenvalue weighted by Crippen LogP contribution is 2.29. The number of ether oxygens (including phenoxy) is 1. The third-order valence-corrected chi connectivity index (χ3v) is 1.68. The van der Waals surface area contributed by atoms with E-state index in [0.717, 1.165) is 13.2 Å². The standard InChI is InChI=1S/C8H6FNO5/c1-15-6-3-4(9)2-5(10(13)14)7(6)8(11)12/h2-3H,1H3,(H,11,12). The summed E-state index contributed by atoms with van der Waals surface area (Å²) in [5.74, 6) is -2.85. The van der Waals surface area contributed by atoms with E-state index in [2.05, 4.69) is 4.74 Å². The van der Waals surface area contributed by atoms with E-state index in [-0.39, 0.29) is 5.75 Å². The van der Waals surface area contributed by atoms with Crippen molar-refractivity contribution in [3.05, 3.63) is 33.6 Å². The Balaban J connectivity index is 3.54. The number of rotatable bonds is 3. The molecule has 0 saturated carbocycles. The Hall–Kier alpha value is -2.18. The number of nitrogens with zero attached hydrogens (tertiary/aromatic N) is 1. The lowest BCUT2D eigenvalue weighted by molar-refractivity contribution is -0.385. The zero-order valence-electron chi connectivity index (χ0n) is 7.56. The summed E-state index contributed by atoms with van der Waals surface area (Å²) in [5.41, 5.74) is -1.50. The molecule has 0 fully saturated rings. The molecule has 1 rings (SSSR count). The Kier molecular flexibility index (Phi) is 2.84. The molecule has 0 spiro atoms. The van der Waals surface area contributed by atoms with E-state index in [0.29, 0.717) is 6.07 Å². The summed E-state index contributed by atoms with van der Waals surface area (Å²) in [7, 11) is 1.10.